The van der Waals surface area contributed by atoms with E-state index in [4.69, 9.17) is 4.74 Å². The van der Waals surface area contributed by atoms with E-state index in [-0.39, 0.29) is 11.9 Å². The Balaban J connectivity index is 1.47. The van der Waals surface area contributed by atoms with Gasteiger partial charge in [0.1, 0.15) is 5.75 Å². The summed E-state index contributed by atoms with van der Waals surface area (Å²) >= 11 is 0. The molecule has 3 amide bonds. The van der Waals surface area contributed by atoms with Crippen molar-refractivity contribution in [1.29, 1.82) is 0 Å². The van der Waals surface area contributed by atoms with Gasteiger partial charge in [-0.2, -0.15) is 0 Å². The lowest BCUT2D eigenvalue weighted by atomic mass is 10.1. The average Bonchev–Trinajstić information content (AvgIpc) is 2.74. The molecule has 3 rings (SSSR count). The SMILES string of the molecule is Cc1cccc(OCCCC(=O)Nc2cc(NC(=O)Nc3ccccc3)ccc2C)c1. The molecular weight excluding hydrogens is 390 g/mol. The van der Waals surface area contributed by atoms with Crippen LogP contribution in [0.2, 0.25) is 0 Å². The minimum absolute atomic E-state index is 0.0955. The van der Waals surface area contributed by atoms with E-state index in [9.17, 15) is 9.59 Å². The van der Waals surface area contributed by atoms with E-state index in [0.29, 0.717) is 36.5 Å². The minimum atomic E-state index is -0.347. The lowest BCUT2D eigenvalue weighted by molar-refractivity contribution is -0.116. The van der Waals surface area contributed by atoms with Gasteiger partial charge in [0.05, 0.1) is 6.61 Å². The monoisotopic (exact) mass is 417 g/mol. The normalized spacial score (nSPS) is 10.3. The van der Waals surface area contributed by atoms with Gasteiger partial charge in [0, 0.05) is 23.5 Å². The van der Waals surface area contributed by atoms with Crippen molar-refractivity contribution in [3.05, 3.63) is 83.9 Å². The molecule has 31 heavy (non-hydrogen) atoms. The minimum Gasteiger partial charge on any atom is -0.494 e. The fourth-order valence-electron chi connectivity index (χ4n) is 2.99. The van der Waals surface area contributed by atoms with Crippen molar-refractivity contribution in [2.24, 2.45) is 0 Å². The molecule has 0 fully saturated rings. The number of rotatable bonds is 8. The van der Waals surface area contributed by atoms with Crippen LogP contribution in [0.5, 0.6) is 5.75 Å². The summed E-state index contributed by atoms with van der Waals surface area (Å²) in [6.07, 6.45) is 0.952. The first kappa shape index (κ1) is 21.9. The maximum atomic E-state index is 12.3. The second kappa shape index (κ2) is 10.8. The van der Waals surface area contributed by atoms with Crippen molar-refractivity contribution < 1.29 is 14.3 Å². The van der Waals surface area contributed by atoms with Crippen molar-refractivity contribution >= 4 is 29.0 Å². The number of benzene rings is 3. The smallest absolute Gasteiger partial charge is 0.323 e. The van der Waals surface area contributed by atoms with Gasteiger partial charge < -0.3 is 20.7 Å². The predicted molar refractivity (Wildman–Crippen MR) is 125 cm³/mol. The van der Waals surface area contributed by atoms with E-state index in [1.54, 1.807) is 12.1 Å². The first-order valence-electron chi connectivity index (χ1n) is 10.2. The van der Waals surface area contributed by atoms with Crippen LogP contribution in [0.1, 0.15) is 24.0 Å². The molecule has 3 N–H and O–H groups in total. The molecule has 160 valence electrons. The van der Waals surface area contributed by atoms with Crippen LogP contribution in [0, 0.1) is 13.8 Å². The Morgan fingerprint density at radius 3 is 2.35 bits per heavy atom. The summed E-state index contributed by atoms with van der Waals surface area (Å²) in [5.41, 5.74) is 4.02. The van der Waals surface area contributed by atoms with E-state index >= 15 is 0 Å². The summed E-state index contributed by atoms with van der Waals surface area (Å²) in [6, 6.07) is 22.1. The standard InChI is InChI=1S/C25H27N3O3/c1-18-8-6-11-22(16-18)31-15-7-12-24(29)28-23-17-21(14-13-19(23)2)27-25(30)26-20-9-4-3-5-10-20/h3-6,8-11,13-14,16-17H,7,12,15H2,1-2H3,(H,28,29)(H2,26,27,30). The van der Waals surface area contributed by atoms with E-state index in [2.05, 4.69) is 16.0 Å². The Morgan fingerprint density at radius 2 is 1.58 bits per heavy atom. The number of hydrogen-bond acceptors (Lipinski definition) is 3. The number of nitrogens with one attached hydrogen (secondary N) is 3. The lowest BCUT2D eigenvalue weighted by Gasteiger charge is -2.12. The van der Waals surface area contributed by atoms with Crippen LogP contribution in [0.3, 0.4) is 0 Å². The molecule has 0 spiro atoms. The lowest BCUT2D eigenvalue weighted by Crippen LogP contribution is -2.19. The van der Waals surface area contributed by atoms with Gasteiger partial charge in [-0.3, -0.25) is 4.79 Å². The number of amides is 3. The third-order valence-electron chi connectivity index (χ3n) is 4.61. The summed E-state index contributed by atoms with van der Waals surface area (Å²) < 4.78 is 5.69. The molecule has 0 radical (unpaired) electrons. The number of hydrogen-bond donors (Lipinski definition) is 3. The Labute approximate surface area is 182 Å². The zero-order valence-electron chi connectivity index (χ0n) is 17.8. The first-order valence-corrected chi connectivity index (χ1v) is 10.2. The highest BCUT2D eigenvalue weighted by molar-refractivity contribution is 6.00. The van der Waals surface area contributed by atoms with Crippen LogP contribution in [0.4, 0.5) is 21.9 Å². The van der Waals surface area contributed by atoms with Crippen molar-refractivity contribution in [1.82, 2.24) is 0 Å². The molecule has 0 aliphatic rings. The first-order chi connectivity index (χ1) is 15.0. The van der Waals surface area contributed by atoms with E-state index in [1.807, 2.05) is 74.5 Å². The second-order valence-corrected chi connectivity index (χ2v) is 7.29. The number of para-hydroxylation sites is 1. The molecule has 3 aromatic carbocycles. The number of urea groups is 1. The van der Waals surface area contributed by atoms with Gasteiger partial charge in [-0.05, 0) is 67.8 Å². The molecule has 0 saturated heterocycles. The Morgan fingerprint density at radius 1 is 0.806 bits per heavy atom. The Kier molecular flexibility index (Phi) is 7.65. The van der Waals surface area contributed by atoms with Gasteiger partial charge in [0.15, 0.2) is 0 Å². The molecule has 6 nitrogen and oxygen atoms in total. The van der Waals surface area contributed by atoms with Gasteiger partial charge in [0.2, 0.25) is 5.91 Å². The van der Waals surface area contributed by atoms with Gasteiger partial charge in [-0.1, -0.05) is 36.4 Å². The fourth-order valence-corrected chi connectivity index (χ4v) is 2.99. The molecule has 0 aromatic heterocycles. The van der Waals surface area contributed by atoms with E-state index in [1.165, 1.54) is 0 Å². The second-order valence-electron chi connectivity index (χ2n) is 7.29. The highest BCUT2D eigenvalue weighted by Gasteiger charge is 2.08. The summed E-state index contributed by atoms with van der Waals surface area (Å²) in [7, 11) is 0. The summed E-state index contributed by atoms with van der Waals surface area (Å²) in [5, 5.41) is 8.47. The topological polar surface area (TPSA) is 79.5 Å². The molecular formula is C25H27N3O3. The van der Waals surface area contributed by atoms with Crippen LogP contribution in [-0.2, 0) is 4.79 Å². The molecule has 0 heterocycles. The zero-order valence-corrected chi connectivity index (χ0v) is 17.8. The zero-order chi connectivity index (χ0) is 22.1. The largest absolute Gasteiger partial charge is 0.494 e. The maximum Gasteiger partial charge on any atom is 0.323 e. The van der Waals surface area contributed by atoms with Gasteiger partial charge in [-0.15, -0.1) is 0 Å². The van der Waals surface area contributed by atoms with Crippen LogP contribution in [0.15, 0.2) is 72.8 Å². The molecule has 0 aliphatic heterocycles. The van der Waals surface area contributed by atoms with Crippen molar-refractivity contribution in [3.8, 4) is 5.75 Å². The van der Waals surface area contributed by atoms with Gasteiger partial charge >= 0.3 is 6.03 Å². The van der Waals surface area contributed by atoms with Crippen molar-refractivity contribution in [2.75, 3.05) is 22.6 Å². The molecule has 0 unspecified atom stereocenters. The molecule has 0 atom stereocenters. The van der Waals surface area contributed by atoms with Crippen LogP contribution >= 0.6 is 0 Å². The number of aryl methyl sites for hydroxylation is 2. The van der Waals surface area contributed by atoms with Crippen LogP contribution in [-0.4, -0.2) is 18.5 Å². The van der Waals surface area contributed by atoms with Crippen LogP contribution in [0.25, 0.3) is 0 Å². The van der Waals surface area contributed by atoms with Crippen molar-refractivity contribution in [2.45, 2.75) is 26.7 Å². The third kappa shape index (κ3) is 7.19. The Hall–Kier alpha value is -3.80. The van der Waals surface area contributed by atoms with Crippen LogP contribution < -0.4 is 20.7 Å². The maximum absolute atomic E-state index is 12.3. The summed E-state index contributed by atoms with van der Waals surface area (Å²) in [5.74, 6) is 0.714. The Bertz CT molecular complexity index is 1040. The number of carbonyl (C=O) groups is 2. The predicted octanol–water partition coefficient (Wildman–Crippen LogP) is 5.75. The summed E-state index contributed by atoms with van der Waals surface area (Å²) in [4.78, 5) is 24.5. The number of carbonyl (C=O) groups excluding carboxylic acids is 2. The molecule has 0 bridgehead atoms. The van der Waals surface area contributed by atoms with Crippen molar-refractivity contribution in [3.63, 3.8) is 0 Å². The van der Waals surface area contributed by atoms with Gasteiger partial charge in [0.25, 0.3) is 0 Å². The van der Waals surface area contributed by atoms with E-state index in [0.717, 1.165) is 16.9 Å². The molecule has 0 saturated carbocycles. The fraction of sp³-hybridized carbons (Fsp3) is 0.200. The average molecular weight is 418 g/mol. The molecule has 0 aliphatic carbocycles. The molecule has 3 aromatic rings. The highest BCUT2D eigenvalue weighted by atomic mass is 16.5. The molecule has 6 heteroatoms. The van der Waals surface area contributed by atoms with E-state index < -0.39 is 0 Å². The highest BCUT2D eigenvalue weighted by Crippen LogP contribution is 2.21. The number of anilines is 3. The summed E-state index contributed by atoms with van der Waals surface area (Å²) in [6.45, 7) is 4.39. The third-order valence-corrected chi connectivity index (χ3v) is 4.61. The van der Waals surface area contributed by atoms with Gasteiger partial charge in [-0.25, -0.2) is 4.79 Å². The number of ether oxygens (including phenoxy) is 1. The quantitative estimate of drug-likeness (QED) is 0.409.